The molecule has 2 saturated carbocycles. The van der Waals surface area contributed by atoms with Gasteiger partial charge in [0.2, 0.25) is 0 Å². The fourth-order valence-electron chi connectivity index (χ4n) is 3.94. The van der Waals surface area contributed by atoms with Gasteiger partial charge in [0.25, 0.3) is 0 Å². The van der Waals surface area contributed by atoms with E-state index in [4.69, 9.17) is 9.47 Å². The van der Waals surface area contributed by atoms with Gasteiger partial charge in [-0.15, -0.1) is 0 Å². The van der Waals surface area contributed by atoms with Gasteiger partial charge in [-0.2, -0.15) is 0 Å². The molecule has 2 aliphatic carbocycles. The zero-order valence-corrected chi connectivity index (χ0v) is 11.2. The predicted molar refractivity (Wildman–Crippen MR) is 65.6 cm³/mol. The van der Waals surface area contributed by atoms with Gasteiger partial charge < -0.3 is 9.47 Å². The second kappa shape index (κ2) is 5.07. The molecule has 17 heavy (non-hydrogen) atoms. The van der Waals surface area contributed by atoms with Gasteiger partial charge in [-0.05, 0) is 37.0 Å². The highest BCUT2D eigenvalue weighted by atomic mass is 16.7. The monoisotopic (exact) mass is 240 g/mol. The fraction of sp³-hybridized carbons (Fsp3) is 0.929. The molecule has 3 atom stereocenters. The third kappa shape index (κ3) is 2.27. The molecule has 0 heterocycles. The van der Waals surface area contributed by atoms with Crippen molar-refractivity contribution in [3.8, 4) is 0 Å². The van der Waals surface area contributed by atoms with Gasteiger partial charge in [0, 0.05) is 33.0 Å². The van der Waals surface area contributed by atoms with E-state index in [9.17, 15) is 4.79 Å². The normalized spacial score (nSPS) is 37.5. The van der Waals surface area contributed by atoms with Gasteiger partial charge in [0.05, 0.1) is 0 Å². The summed E-state index contributed by atoms with van der Waals surface area (Å²) in [5, 5.41) is 0. The summed E-state index contributed by atoms with van der Waals surface area (Å²) in [6.45, 7) is 2.30. The minimum absolute atomic E-state index is 0.118. The van der Waals surface area contributed by atoms with Crippen LogP contribution in [0.15, 0.2) is 0 Å². The third-order valence-corrected chi connectivity index (χ3v) is 5.06. The maximum atomic E-state index is 12.0. The standard InChI is InChI=1S/C14H24O3/c1-14-8-4-5-12(15)11(14)7-6-10(14)9-13(16-2)17-3/h10-11,13H,4-9H2,1-3H3. The van der Waals surface area contributed by atoms with Crippen molar-refractivity contribution in [2.45, 2.75) is 51.7 Å². The van der Waals surface area contributed by atoms with Gasteiger partial charge in [-0.1, -0.05) is 6.92 Å². The molecule has 0 aromatic carbocycles. The molecular formula is C14H24O3. The van der Waals surface area contributed by atoms with Crippen LogP contribution in [-0.4, -0.2) is 26.3 Å². The Balaban J connectivity index is 2.07. The van der Waals surface area contributed by atoms with Crippen molar-refractivity contribution in [2.24, 2.45) is 17.3 Å². The first-order chi connectivity index (χ1) is 8.11. The maximum Gasteiger partial charge on any atom is 0.157 e. The van der Waals surface area contributed by atoms with Crippen LogP contribution in [0.1, 0.15) is 45.4 Å². The van der Waals surface area contributed by atoms with Crippen molar-refractivity contribution in [2.75, 3.05) is 14.2 Å². The van der Waals surface area contributed by atoms with Gasteiger partial charge in [-0.25, -0.2) is 0 Å². The summed E-state index contributed by atoms with van der Waals surface area (Å²) in [5.41, 5.74) is 0.199. The zero-order valence-electron chi connectivity index (χ0n) is 11.2. The molecule has 0 amide bonds. The average molecular weight is 240 g/mol. The summed E-state index contributed by atoms with van der Waals surface area (Å²) < 4.78 is 10.6. The first kappa shape index (κ1) is 13.0. The number of carbonyl (C=O) groups is 1. The quantitative estimate of drug-likeness (QED) is 0.709. The highest BCUT2D eigenvalue weighted by Crippen LogP contribution is 2.55. The van der Waals surface area contributed by atoms with Crippen LogP contribution in [0.2, 0.25) is 0 Å². The Hall–Kier alpha value is -0.410. The molecule has 0 radical (unpaired) electrons. The highest BCUT2D eigenvalue weighted by molar-refractivity contribution is 5.83. The Kier molecular flexibility index (Phi) is 3.88. The number of fused-ring (bicyclic) bond motifs is 1. The van der Waals surface area contributed by atoms with Gasteiger partial charge in [0.1, 0.15) is 5.78 Å². The first-order valence-corrected chi connectivity index (χ1v) is 6.70. The second-order valence-corrected chi connectivity index (χ2v) is 5.79. The van der Waals surface area contributed by atoms with Crippen molar-refractivity contribution >= 4 is 5.78 Å². The van der Waals surface area contributed by atoms with E-state index in [-0.39, 0.29) is 11.7 Å². The lowest BCUT2D eigenvalue weighted by molar-refractivity contribution is -0.135. The number of methoxy groups -OCH3 is 2. The van der Waals surface area contributed by atoms with Crippen LogP contribution >= 0.6 is 0 Å². The summed E-state index contributed by atoms with van der Waals surface area (Å²) in [7, 11) is 3.38. The van der Waals surface area contributed by atoms with Crippen molar-refractivity contribution in [3.05, 3.63) is 0 Å². The number of hydrogen-bond donors (Lipinski definition) is 0. The van der Waals surface area contributed by atoms with Crippen LogP contribution in [0.3, 0.4) is 0 Å². The Labute approximate surface area is 104 Å². The average Bonchev–Trinajstić information content (AvgIpc) is 2.64. The molecule has 3 nitrogen and oxygen atoms in total. The molecule has 98 valence electrons. The van der Waals surface area contributed by atoms with Crippen molar-refractivity contribution in [1.82, 2.24) is 0 Å². The Bertz CT molecular complexity index is 285. The first-order valence-electron chi connectivity index (χ1n) is 6.70. The molecule has 0 saturated heterocycles. The van der Waals surface area contributed by atoms with E-state index < -0.39 is 0 Å². The fourth-order valence-corrected chi connectivity index (χ4v) is 3.94. The second-order valence-electron chi connectivity index (χ2n) is 5.79. The van der Waals surface area contributed by atoms with Crippen LogP contribution in [0, 0.1) is 17.3 Å². The smallest absolute Gasteiger partial charge is 0.157 e. The van der Waals surface area contributed by atoms with Gasteiger partial charge in [-0.3, -0.25) is 4.79 Å². The van der Waals surface area contributed by atoms with E-state index >= 15 is 0 Å². The number of ketones is 1. The predicted octanol–water partition coefficient (Wildman–Crippen LogP) is 2.78. The van der Waals surface area contributed by atoms with E-state index in [0.29, 0.717) is 17.6 Å². The molecule has 2 aliphatic rings. The van der Waals surface area contributed by atoms with Gasteiger partial charge in [0.15, 0.2) is 6.29 Å². The van der Waals surface area contributed by atoms with Crippen molar-refractivity contribution in [3.63, 3.8) is 0 Å². The maximum absolute atomic E-state index is 12.0. The number of carbonyl (C=O) groups excluding carboxylic acids is 1. The summed E-state index contributed by atoms with van der Waals surface area (Å²) in [5.74, 6) is 1.37. The van der Waals surface area contributed by atoms with Crippen LogP contribution in [0.5, 0.6) is 0 Å². The third-order valence-electron chi connectivity index (χ3n) is 5.06. The Morgan fingerprint density at radius 1 is 1.35 bits per heavy atom. The molecule has 0 N–H and O–H groups in total. The van der Waals surface area contributed by atoms with E-state index in [2.05, 4.69) is 6.92 Å². The molecule has 0 spiro atoms. The summed E-state index contributed by atoms with van der Waals surface area (Å²) in [6.07, 6.45) is 6.07. The molecule has 2 rings (SSSR count). The van der Waals surface area contributed by atoms with Gasteiger partial charge >= 0.3 is 0 Å². The van der Waals surface area contributed by atoms with Crippen LogP contribution < -0.4 is 0 Å². The van der Waals surface area contributed by atoms with E-state index in [1.807, 2.05) is 0 Å². The molecule has 3 heteroatoms. The highest BCUT2D eigenvalue weighted by Gasteiger charge is 2.51. The number of ether oxygens (including phenoxy) is 2. The van der Waals surface area contributed by atoms with E-state index in [1.165, 1.54) is 6.42 Å². The molecule has 0 bridgehead atoms. The lowest BCUT2D eigenvalue weighted by Crippen LogP contribution is -2.38. The van der Waals surface area contributed by atoms with Crippen molar-refractivity contribution in [1.29, 1.82) is 0 Å². The molecule has 0 aromatic rings. The summed E-state index contributed by atoms with van der Waals surface area (Å²) >= 11 is 0. The van der Waals surface area contributed by atoms with E-state index in [1.54, 1.807) is 14.2 Å². The topological polar surface area (TPSA) is 35.5 Å². The summed E-state index contributed by atoms with van der Waals surface area (Å²) in [4.78, 5) is 12.0. The lowest BCUT2D eigenvalue weighted by atomic mass is 9.64. The zero-order chi connectivity index (χ0) is 12.5. The minimum Gasteiger partial charge on any atom is -0.356 e. The molecule has 3 unspecified atom stereocenters. The van der Waals surface area contributed by atoms with E-state index in [0.717, 1.165) is 32.1 Å². The van der Waals surface area contributed by atoms with Crippen molar-refractivity contribution < 1.29 is 14.3 Å². The Morgan fingerprint density at radius 3 is 2.71 bits per heavy atom. The SMILES string of the molecule is COC(CC1CCC2C(=O)CCCC12C)OC. The molecule has 2 fully saturated rings. The molecular weight excluding hydrogens is 216 g/mol. The summed E-state index contributed by atoms with van der Waals surface area (Å²) in [6, 6.07) is 0. The number of Topliss-reactive ketones (excluding diaryl/α,β-unsaturated/α-hetero) is 1. The minimum atomic E-state index is -0.118. The Morgan fingerprint density at radius 2 is 2.06 bits per heavy atom. The van der Waals surface area contributed by atoms with Crippen LogP contribution in [0.4, 0.5) is 0 Å². The van der Waals surface area contributed by atoms with Crippen LogP contribution in [-0.2, 0) is 14.3 Å². The van der Waals surface area contributed by atoms with Crippen LogP contribution in [0.25, 0.3) is 0 Å². The molecule has 0 aromatic heterocycles. The number of hydrogen-bond acceptors (Lipinski definition) is 3. The molecule has 0 aliphatic heterocycles. The largest absolute Gasteiger partial charge is 0.356 e. The lowest BCUT2D eigenvalue weighted by Gasteiger charge is -2.40. The number of rotatable bonds is 4.